The van der Waals surface area contributed by atoms with Gasteiger partial charge in [-0.05, 0) is 0 Å². The molecule has 0 saturated carbocycles. The summed E-state index contributed by atoms with van der Waals surface area (Å²) in [5.41, 5.74) is 0. The third kappa shape index (κ3) is 25.2. The van der Waals surface area contributed by atoms with Crippen LogP contribution in [0.1, 0.15) is 0 Å². The van der Waals surface area contributed by atoms with E-state index in [2.05, 4.69) is 0 Å². The fourth-order valence-electron chi connectivity index (χ4n) is 0. The minimum atomic E-state index is 0. The normalized spacial score (nSPS) is 0. The molecule has 2 nitrogen and oxygen atoms in total. The van der Waals surface area contributed by atoms with E-state index in [4.69, 9.17) is 0 Å². The minimum Gasteiger partial charge on any atom is -2.00 e. The zero-order valence-corrected chi connectivity index (χ0v) is 7.24. The Morgan fingerprint density at radius 2 is 0.600 bits per heavy atom. The summed E-state index contributed by atoms with van der Waals surface area (Å²) in [4.78, 5) is 0. The van der Waals surface area contributed by atoms with Gasteiger partial charge in [-0.1, -0.05) is 0 Å². The van der Waals surface area contributed by atoms with Crippen molar-refractivity contribution in [2.24, 2.45) is 0 Å². The molecule has 0 unspecified atom stereocenters. The van der Waals surface area contributed by atoms with Gasteiger partial charge >= 0.3 is 60.9 Å². The Bertz CT molecular complexity index is 7.61. The van der Waals surface area contributed by atoms with E-state index in [0.29, 0.717) is 0 Å². The van der Waals surface area contributed by atoms with Crippen molar-refractivity contribution >= 4 is 34.7 Å². The van der Waals surface area contributed by atoms with Gasteiger partial charge < -0.3 is 11.0 Å². The second kappa shape index (κ2) is 39.8. The van der Waals surface area contributed by atoms with Crippen molar-refractivity contribution in [2.45, 2.75) is 0 Å². The first-order chi connectivity index (χ1) is 0. The molecular formula is Al2O2Zr+6. The average Bonchev–Trinajstić information content (AvgIpc) is 0. The van der Waals surface area contributed by atoms with E-state index in [0.717, 1.165) is 0 Å². The average molecular weight is 177 g/mol. The van der Waals surface area contributed by atoms with Gasteiger partial charge in [-0.3, -0.25) is 0 Å². The van der Waals surface area contributed by atoms with Crippen LogP contribution in [0.2, 0.25) is 0 Å². The second-order valence-electron chi connectivity index (χ2n) is 0. The summed E-state index contributed by atoms with van der Waals surface area (Å²) in [5.74, 6) is 0. The molecule has 0 bridgehead atoms. The summed E-state index contributed by atoms with van der Waals surface area (Å²) in [7, 11) is 0. The van der Waals surface area contributed by atoms with Crippen molar-refractivity contribution in [3.05, 3.63) is 0 Å². The molecule has 0 aliphatic carbocycles. The molecule has 0 aliphatic rings. The summed E-state index contributed by atoms with van der Waals surface area (Å²) in [5, 5.41) is 0. The Kier molecular flexibility index (Phi) is 540. The summed E-state index contributed by atoms with van der Waals surface area (Å²) in [6.07, 6.45) is 0. The van der Waals surface area contributed by atoms with E-state index >= 15 is 0 Å². The predicted octanol–water partition coefficient (Wildman–Crippen LogP) is -1.00. The van der Waals surface area contributed by atoms with Crippen LogP contribution in [-0.4, -0.2) is 34.7 Å². The maximum absolute atomic E-state index is 0. The molecule has 0 aromatic rings. The first-order valence-corrected chi connectivity index (χ1v) is 0. The summed E-state index contributed by atoms with van der Waals surface area (Å²) in [6.45, 7) is 0. The standard InChI is InChI=1S/2Al.2O.Zr/q2*+3;2*-2;+4. The van der Waals surface area contributed by atoms with Gasteiger partial charge in [0.2, 0.25) is 0 Å². The van der Waals surface area contributed by atoms with Crippen LogP contribution < -0.4 is 0 Å². The third-order valence-corrected chi connectivity index (χ3v) is 0. The summed E-state index contributed by atoms with van der Waals surface area (Å²) >= 11 is 0. The Balaban J connectivity index is 0. The zero-order valence-electron chi connectivity index (χ0n) is 2.47. The van der Waals surface area contributed by atoms with E-state index in [9.17, 15) is 0 Å². The second-order valence-corrected chi connectivity index (χ2v) is 0. The molecule has 0 aromatic carbocycles. The quantitative estimate of drug-likeness (QED) is 0.426. The van der Waals surface area contributed by atoms with Crippen molar-refractivity contribution in [3.63, 3.8) is 0 Å². The molecule has 5 heteroatoms. The molecule has 0 aromatic heterocycles. The minimum absolute atomic E-state index is 0. The number of rotatable bonds is 0. The fraction of sp³-hybridized carbons (Fsp3) is 0. The topological polar surface area (TPSA) is 57.0 Å². The largest absolute Gasteiger partial charge is 4.00 e. The molecule has 0 spiro atoms. The van der Waals surface area contributed by atoms with Gasteiger partial charge in [0, 0.05) is 0 Å². The van der Waals surface area contributed by atoms with Gasteiger partial charge in [-0.25, -0.2) is 0 Å². The molecule has 0 amide bonds. The molecule has 0 saturated heterocycles. The molecule has 0 radical (unpaired) electrons. The molecule has 0 heterocycles. The number of hydrogen-bond acceptors (Lipinski definition) is 0. The third-order valence-electron chi connectivity index (χ3n) is 0. The van der Waals surface area contributed by atoms with Gasteiger partial charge in [-0.2, -0.15) is 0 Å². The Morgan fingerprint density at radius 3 is 0.600 bits per heavy atom. The smallest absolute Gasteiger partial charge is 2.00 e. The molecule has 0 aliphatic heterocycles. The molecule has 0 N–H and O–H groups in total. The van der Waals surface area contributed by atoms with Gasteiger partial charge in [0.05, 0.1) is 0 Å². The van der Waals surface area contributed by atoms with Gasteiger partial charge in [0.15, 0.2) is 0 Å². The fourth-order valence-corrected chi connectivity index (χ4v) is 0. The van der Waals surface area contributed by atoms with Crippen molar-refractivity contribution in [1.82, 2.24) is 0 Å². The predicted molar refractivity (Wildman–Crippen MR) is 12.9 cm³/mol. The Morgan fingerprint density at radius 1 is 0.600 bits per heavy atom. The van der Waals surface area contributed by atoms with E-state index in [-0.39, 0.29) is 71.9 Å². The zero-order chi connectivity index (χ0) is 0. The van der Waals surface area contributed by atoms with Gasteiger partial charge in [0.1, 0.15) is 0 Å². The van der Waals surface area contributed by atoms with Crippen LogP contribution in [-0.2, 0) is 37.2 Å². The van der Waals surface area contributed by atoms with Crippen LogP contribution in [0.25, 0.3) is 0 Å². The van der Waals surface area contributed by atoms with E-state index < -0.39 is 0 Å². The van der Waals surface area contributed by atoms with Crippen molar-refractivity contribution in [2.75, 3.05) is 0 Å². The van der Waals surface area contributed by atoms with Gasteiger partial charge in [-0.15, -0.1) is 0 Å². The van der Waals surface area contributed by atoms with Gasteiger partial charge in [0.25, 0.3) is 0 Å². The maximum atomic E-state index is 0. The molecule has 0 fully saturated rings. The van der Waals surface area contributed by atoms with Crippen LogP contribution in [0.4, 0.5) is 0 Å². The summed E-state index contributed by atoms with van der Waals surface area (Å²) < 4.78 is 0. The first-order valence-electron chi connectivity index (χ1n) is 0. The molecule has 0 atom stereocenters. The van der Waals surface area contributed by atoms with Crippen molar-refractivity contribution < 1.29 is 37.2 Å². The number of hydrogen-bond donors (Lipinski definition) is 0. The SMILES string of the molecule is [Al+3].[Al+3].[O-2].[O-2].[Zr+4]. The van der Waals surface area contributed by atoms with E-state index in [1.54, 1.807) is 0 Å². The van der Waals surface area contributed by atoms with E-state index in [1.165, 1.54) is 0 Å². The molecule has 5 heavy (non-hydrogen) atoms. The van der Waals surface area contributed by atoms with Crippen LogP contribution >= 0.6 is 0 Å². The van der Waals surface area contributed by atoms with Crippen LogP contribution in [0.3, 0.4) is 0 Å². The van der Waals surface area contributed by atoms with Crippen LogP contribution in [0.5, 0.6) is 0 Å². The summed E-state index contributed by atoms with van der Waals surface area (Å²) in [6, 6.07) is 0. The molecule has 0 rings (SSSR count). The maximum Gasteiger partial charge on any atom is 4.00 e. The molecular weight excluding hydrogens is 177 g/mol. The first kappa shape index (κ1) is 67.8. The van der Waals surface area contributed by atoms with Crippen LogP contribution in [0.15, 0.2) is 0 Å². The Hall–Kier alpha value is 1.87. The van der Waals surface area contributed by atoms with Crippen LogP contribution in [0, 0.1) is 0 Å². The van der Waals surface area contributed by atoms with Crippen molar-refractivity contribution in [3.8, 4) is 0 Å². The Labute approximate surface area is 71.3 Å². The van der Waals surface area contributed by atoms with E-state index in [1.807, 2.05) is 0 Å². The molecule has 16 valence electrons. The monoisotopic (exact) mass is 176 g/mol. The van der Waals surface area contributed by atoms with Crippen molar-refractivity contribution in [1.29, 1.82) is 0 Å².